The number of carbonyl (C=O) groups excluding carboxylic acids is 2. The lowest BCUT2D eigenvalue weighted by Crippen LogP contribution is -2.46. The second kappa shape index (κ2) is 12.1. The smallest absolute Gasteiger partial charge is 0.248 e. The number of carbonyl (C=O) groups is 2. The van der Waals surface area contributed by atoms with E-state index in [0.717, 1.165) is 27.4 Å². The summed E-state index contributed by atoms with van der Waals surface area (Å²) in [5.74, 6) is 0.303. The van der Waals surface area contributed by atoms with Crippen LogP contribution in [-0.4, -0.2) is 33.4 Å². The number of anilines is 1. The Hall–Kier alpha value is -3.84. The highest BCUT2D eigenvalue weighted by Crippen LogP contribution is 2.27. The summed E-state index contributed by atoms with van der Waals surface area (Å²) in [4.78, 5) is 27.6. The third kappa shape index (κ3) is 7.13. The largest absolute Gasteiger partial charge is 0.343 e. The van der Waals surface area contributed by atoms with E-state index in [0.29, 0.717) is 12.2 Å². The lowest BCUT2D eigenvalue weighted by molar-refractivity contribution is -0.124. The standard InChI is InChI=1S/C31H34N4O2S/c1-22-13-11-12-18-26(22)35-28(20-27(34-35)31(2,3)4)33-30(37)25(19-23-14-7-5-8-15-23)32-29(36)21-38-24-16-9-6-10-17-24/h5-18,20,25H,19,21H2,1-4H3,(H,32,36)(H,33,37). The van der Waals surface area contributed by atoms with Gasteiger partial charge >= 0.3 is 0 Å². The molecule has 38 heavy (non-hydrogen) atoms. The number of nitrogens with zero attached hydrogens (tertiary/aromatic N) is 2. The number of hydrogen-bond acceptors (Lipinski definition) is 4. The van der Waals surface area contributed by atoms with Crippen LogP contribution >= 0.6 is 11.8 Å². The van der Waals surface area contributed by atoms with Crippen LogP contribution in [0, 0.1) is 6.92 Å². The van der Waals surface area contributed by atoms with Gasteiger partial charge in [0.05, 0.1) is 17.1 Å². The zero-order chi connectivity index (χ0) is 27.1. The quantitative estimate of drug-likeness (QED) is 0.265. The fourth-order valence-corrected chi connectivity index (χ4v) is 4.73. The van der Waals surface area contributed by atoms with Crippen molar-refractivity contribution in [3.8, 4) is 5.69 Å². The van der Waals surface area contributed by atoms with Gasteiger partial charge in [-0.25, -0.2) is 4.68 Å². The average Bonchev–Trinajstić information content (AvgIpc) is 3.33. The molecule has 0 saturated carbocycles. The summed E-state index contributed by atoms with van der Waals surface area (Å²) in [5.41, 5.74) is 3.55. The average molecular weight is 527 g/mol. The van der Waals surface area contributed by atoms with Crippen LogP contribution in [0.15, 0.2) is 95.9 Å². The molecule has 1 aromatic heterocycles. The van der Waals surface area contributed by atoms with Gasteiger partial charge in [0, 0.05) is 22.8 Å². The van der Waals surface area contributed by atoms with Crippen LogP contribution in [0.2, 0.25) is 0 Å². The second-order valence-corrected chi connectivity index (χ2v) is 11.3. The van der Waals surface area contributed by atoms with Crippen molar-refractivity contribution in [2.45, 2.75) is 50.5 Å². The molecule has 0 spiro atoms. The number of thioether (sulfide) groups is 1. The number of amides is 2. The summed E-state index contributed by atoms with van der Waals surface area (Å²) in [6, 6.07) is 28.6. The van der Waals surface area contributed by atoms with Crippen molar-refractivity contribution in [1.82, 2.24) is 15.1 Å². The molecule has 1 unspecified atom stereocenters. The minimum Gasteiger partial charge on any atom is -0.343 e. The summed E-state index contributed by atoms with van der Waals surface area (Å²) in [5, 5.41) is 10.9. The summed E-state index contributed by atoms with van der Waals surface area (Å²) in [7, 11) is 0. The van der Waals surface area contributed by atoms with E-state index in [2.05, 4.69) is 31.4 Å². The number of rotatable bonds is 9. The molecule has 2 amide bonds. The maximum Gasteiger partial charge on any atom is 0.248 e. The molecular formula is C31H34N4O2S. The molecule has 0 radical (unpaired) electrons. The van der Waals surface area contributed by atoms with Crippen LogP contribution in [0.4, 0.5) is 5.82 Å². The third-order valence-electron chi connectivity index (χ3n) is 6.12. The normalized spacial score (nSPS) is 12.1. The lowest BCUT2D eigenvalue weighted by atomic mass is 9.92. The monoisotopic (exact) mass is 526 g/mol. The van der Waals surface area contributed by atoms with Gasteiger partial charge in [-0.1, -0.05) is 87.5 Å². The molecule has 0 bridgehead atoms. The molecule has 2 N–H and O–H groups in total. The van der Waals surface area contributed by atoms with Crippen molar-refractivity contribution in [1.29, 1.82) is 0 Å². The van der Waals surface area contributed by atoms with Crippen molar-refractivity contribution in [2.75, 3.05) is 11.1 Å². The molecular weight excluding hydrogens is 492 g/mol. The molecule has 0 aliphatic carbocycles. The fraction of sp³-hybridized carbons (Fsp3) is 0.258. The number of hydrogen-bond donors (Lipinski definition) is 2. The topological polar surface area (TPSA) is 76.0 Å². The van der Waals surface area contributed by atoms with Crippen molar-refractivity contribution in [2.24, 2.45) is 0 Å². The van der Waals surface area contributed by atoms with Gasteiger partial charge < -0.3 is 10.6 Å². The molecule has 6 nitrogen and oxygen atoms in total. The highest BCUT2D eigenvalue weighted by Gasteiger charge is 2.26. The second-order valence-electron chi connectivity index (χ2n) is 10.3. The number of aromatic nitrogens is 2. The zero-order valence-electron chi connectivity index (χ0n) is 22.3. The molecule has 4 rings (SSSR count). The maximum atomic E-state index is 13.7. The number of nitrogens with one attached hydrogen (secondary N) is 2. The number of aryl methyl sites for hydroxylation is 1. The Bertz CT molecular complexity index is 1380. The Morgan fingerprint density at radius 3 is 2.21 bits per heavy atom. The zero-order valence-corrected chi connectivity index (χ0v) is 23.1. The Balaban J connectivity index is 1.58. The first-order valence-electron chi connectivity index (χ1n) is 12.7. The summed E-state index contributed by atoms with van der Waals surface area (Å²) >= 11 is 1.44. The predicted octanol–water partition coefficient (Wildman–Crippen LogP) is 5.94. The first kappa shape index (κ1) is 27.2. The van der Waals surface area contributed by atoms with Crippen LogP contribution in [0.25, 0.3) is 5.69 Å². The third-order valence-corrected chi connectivity index (χ3v) is 7.13. The number of para-hydroxylation sites is 1. The first-order valence-corrected chi connectivity index (χ1v) is 13.7. The SMILES string of the molecule is Cc1ccccc1-n1nc(C(C)(C)C)cc1NC(=O)C(Cc1ccccc1)NC(=O)CSc1ccccc1. The van der Waals surface area contributed by atoms with Crippen LogP contribution in [0.3, 0.4) is 0 Å². The van der Waals surface area contributed by atoms with Crippen molar-refractivity contribution < 1.29 is 9.59 Å². The fourth-order valence-electron chi connectivity index (χ4n) is 4.00. The lowest BCUT2D eigenvalue weighted by Gasteiger charge is -2.19. The highest BCUT2D eigenvalue weighted by molar-refractivity contribution is 8.00. The van der Waals surface area contributed by atoms with E-state index in [1.54, 1.807) is 4.68 Å². The van der Waals surface area contributed by atoms with Crippen LogP contribution in [0.1, 0.15) is 37.6 Å². The van der Waals surface area contributed by atoms with Gasteiger partial charge in [0.15, 0.2) is 0 Å². The summed E-state index contributed by atoms with van der Waals surface area (Å²) in [6.45, 7) is 8.28. The molecule has 0 saturated heterocycles. The molecule has 1 atom stereocenters. The van der Waals surface area contributed by atoms with Gasteiger partial charge in [-0.15, -0.1) is 11.8 Å². The molecule has 4 aromatic rings. The van der Waals surface area contributed by atoms with Crippen molar-refractivity contribution in [3.63, 3.8) is 0 Å². The van der Waals surface area contributed by atoms with Crippen molar-refractivity contribution in [3.05, 3.63) is 108 Å². The molecule has 3 aromatic carbocycles. The molecule has 1 heterocycles. The Morgan fingerprint density at radius 2 is 1.55 bits per heavy atom. The molecule has 0 aliphatic rings. The Morgan fingerprint density at radius 1 is 0.921 bits per heavy atom. The van der Waals surface area contributed by atoms with E-state index in [-0.39, 0.29) is 23.0 Å². The molecule has 7 heteroatoms. The van der Waals surface area contributed by atoms with Gasteiger partial charge in [-0.3, -0.25) is 9.59 Å². The molecule has 196 valence electrons. The van der Waals surface area contributed by atoms with E-state index in [4.69, 9.17) is 5.10 Å². The van der Waals surface area contributed by atoms with Gasteiger partial charge in [-0.2, -0.15) is 5.10 Å². The maximum absolute atomic E-state index is 13.7. The van der Waals surface area contributed by atoms with Crippen molar-refractivity contribution >= 4 is 29.4 Å². The van der Waals surface area contributed by atoms with Crippen LogP contribution < -0.4 is 10.6 Å². The van der Waals surface area contributed by atoms with Gasteiger partial charge in [-0.05, 0) is 36.2 Å². The van der Waals surface area contributed by atoms with Crippen LogP contribution in [0.5, 0.6) is 0 Å². The van der Waals surface area contributed by atoms with Gasteiger partial charge in [0.1, 0.15) is 11.9 Å². The van der Waals surface area contributed by atoms with Gasteiger partial charge in [0.2, 0.25) is 11.8 Å². The van der Waals surface area contributed by atoms with E-state index in [9.17, 15) is 9.59 Å². The summed E-state index contributed by atoms with van der Waals surface area (Å²) < 4.78 is 1.78. The van der Waals surface area contributed by atoms with E-state index in [1.807, 2.05) is 97.9 Å². The van der Waals surface area contributed by atoms with E-state index < -0.39 is 6.04 Å². The first-order chi connectivity index (χ1) is 18.2. The Labute approximate surface area is 228 Å². The van der Waals surface area contributed by atoms with E-state index in [1.165, 1.54) is 11.8 Å². The Kier molecular flexibility index (Phi) is 8.69. The minimum absolute atomic E-state index is 0.197. The minimum atomic E-state index is -0.750. The summed E-state index contributed by atoms with van der Waals surface area (Å²) in [6.07, 6.45) is 0.374. The predicted molar refractivity (Wildman–Crippen MR) is 155 cm³/mol. The van der Waals surface area contributed by atoms with Crippen LogP contribution in [-0.2, 0) is 21.4 Å². The molecule has 0 aliphatic heterocycles. The highest BCUT2D eigenvalue weighted by atomic mass is 32.2. The molecule has 0 fully saturated rings. The van der Waals surface area contributed by atoms with Gasteiger partial charge in [0.25, 0.3) is 0 Å². The number of benzene rings is 3. The van der Waals surface area contributed by atoms with E-state index >= 15 is 0 Å².